The molecule has 1 N–H and O–H groups in total. The molecule has 3 aliphatic rings. The predicted octanol–water partition coefficient (Wildman–Crippen LogP) is 0.450. The molecule has 3 rings (SSSR count). The van der Waals surface area contributed by atoms with E-state index in [1.807, 2.05) is 0 Å². The summed E-state index contributed by atoms with van der Waals surface area (Å²) in [4.78, 5) is 17.3. The molecule has 5 heteroatoms. The van der Waals surface area contributed by atoms with Crippen molar-refractivity contribution < 1.29 is 9.53 Å². The molecule has 0 aromatic heterocycles. The van der Waals surface area contributed by atoms with Crippen LogP contribution in [0.1, 0.15) is 32.6 Å². The molecular formula is C15H27N3O2. The Morgan fingerprint density at radius 3 is 2.75 bits per heavy atom. The van der Waals surface area contributed by atoms with Gasteiger partial charge in [-0.05, 0) is 19.8 Å². The largest absolute Gasteiger partial charge is 0.374 e. The lowest BCUT2D eigenvalue weighted by Gasteiger charge is -2.46. The summed E-state index contributed by atoms with van der Waals surface area (Å²) < 4.78 is 5.87. The van der Waals surface area contributed by atoms with Gasteiger partial charge < -0.3 is 15.0 Å². The molecular weight excluding hydrogens is 254 g/mol. The average molecular weight is 281 g/mol. The van der Waals surface area contributed by atoms with Gasteiger partial charge in [-0.25, -0.2) is 0 Å². The van der Waals surface area contributed by atoms with Crippen LogP contribution in [0.15, 0.2) is 0 Å². The van der Waals surface area contributed by atoms with Gasteiger partial charge in [-0.2, -0.15) is 0 Å². The van der Waals surface area contributed by atoms with Crippen molar-refractivity contribution in [3.8, 4) is 0 Å². The number of hydrogen-bond acceptors (Lipinski definition) is 4. The van der Waals surface area contributed by atoms with Crippen molar-refractivity contribution >= 4 is 5.91 Å². The molecule has 5 nitrogen and oxygen atoms in total. The van der Waals surface area contributed by atoms with Crippen LogP contribution in [-0.2, 0) is 9.53 Å². The maximum atomic E-state index is 12.9. The highest BCUT2D eigenvalue weighted by atomic mass is 16.5. The predicted molar refractivity (Wildman–Crippen MR) is 77.6 cm³/mol. The number of nitrogens with one attached hydrogen (secondary N) is 1. The second-order valence-corrected chi connectivity index (χ2v) is 6.25. The number of carbonyl (C=O) groups excluding carboxylic acids is 1. The summed E-state index contributed by atoms with van der Waals surface area (Å²) >= 11 is 0. The first-order valence-electron chi connectivity index (χ1n) is 8.14. The van der Waals surface area contributed by atoms with Gasteiger partial charge in [0.2, 0.25) is 5.91 Å². The van der Waals surface area contributed by atoms with Crippen LogP contribution in [0.25, 0.3) is 0 Å². The number of rotatable bonds is 2. The topological polar surface area (TPSA) is 44.8 Å². The van der Waals surface area contributed by atoms with Crippen LogP contribution in [0.2, 0.25) is 0 Å². The fourth-order valence-corrected chi connectivity index (χ4v) is 3.84. The highest BCUT2D eigenvalue weighted by Crippen LogP contribution is 2.29. The van der Waals surface area contributed by atoms with E-state index in [1.165, 1.54) is 12.8 Å². The first-order chi connectivity index (χ1) is 9.77. The van der Waals surface area contributed by atoms with Gasteiger partial charge in [0.25, 0.3) is 0 Å². The molecule has 2 saturated heterocycles. The normalized spacial score (nSPS) is 33.5. The van der Waals surface area contributed by atoms with Crippen LogP contribution < -0.4 is 5.32 Å². The summed E-state index contributed by atoms with van der Waals surface area (Å²) in [7, 11) is 0. The molecule has 3 unspecified atom stereocenters. The van der Waals surface area contributed by atoms with Crippen molar-refractivity contribution in [3.05, 3.63) is 0 Å². The van der Waals surface area contributed by atoms with Crippen LogP contribution in [0.5, 0.6) is 0 Å². The molecule has 0 aromatic carbocycles. The van der Waals surface area contributed by atoms with Crippen LogP contribution >= 0.6 is 0 Å². The monoisotopic (exact) mass is 281 g/mol. The zero-order valence-corrected chi connectivity index (χ0v) is 12.5. The molecule has 0 bridgehead atoms. The van der Waals surface area contributed by atoms with E-state index >= 15 is 0 Å². The number of hydrogen-bond donors (Lipinski definition) is 1. The van der Waals surface area contributed by atoms with Crippen molar-refractivity contribution in [3.63, 3.8) is 0 Å². The first kappa shape index (κ1) is 14.3. The Morgan fingerprint density at radius 2 is 1.95 bits per heavy atom. The molecule has 1 aliphatic carbocycles. The molecule has 0 spiro atoms. The van der Waals surface area contributed by atoms with E-state index in [2.05, 4.69) is 22.0 Å². The molecule has 1 saturated carbocycles. The van der Waals surface area contributed by atoms with Gasteiger partial charge in [-0.1, -0.05) is 12.8 Å². The van der Waals surface area contributed by atoms with Gasteiger partial charge >= 0.3 is 0 Å². The SMILES string of the molecule is CC(C(=O)N1CCOC2CCCCC21)N1CCNCC1. The van der Waals surface area contributed by atoms with Gasteiger partial charge in [-0.15, -0.1) is 0 Å². The van der Waals surface area contributed by atoms with E-state index in [1.54, 1.807) is 0 Å². The van der Waals surface area contributed by atoms with Gasteiger partial charge in [0.1, 0.15) is 0 Å². The fourth-order valence-electron chi connectivity index (χ4n) is 3.84. The van der Waals surface area contributed by atoms with Crippen molar-refractivity contribution in [1.82, 2.24) is 15.1 Å². The zero-order valence-electron chi connectivity index (χ0n) is 12.5. The average Bonchev–Trinajstić information content (AvgIpc) is 2.54. The Bertz CT molecular complexity index is 342. The smallest absolute Gasteiger partial charge is 0.240 e. The molecule has 3 atom stereocenters. The molecule has 0 radical (unpaired) electrons. The maximum absolute atomic E-state index is 12.9. The van der Waals surface area contributed by atoms with Gasteiger partial charge in [0.15, 0.2) is 0 Å². The molecule has 2 aliphatic heterocycles. The lowest BCUT2D eigenvalue weighted by molar-refractivity contribution is -0.154. The van der Waals surface area contributed by atoms with Gasteiger partial charge in [0.05, 0.1) is 24.8 Å². The summed E-state index contributed by atoms with van der Waals surface area (Å²) in [5.74, 6) is 0.312. The van der Waals surface area contributed by atoms with E-state index in [0.717, 1.165) is 45.6 Å². The second-order valence-electron chi connectivity index (χ2n) is 6.25. The summed E-state index contributed by atoms with van der Waals surface area (Å²) in [6.45, 7) is 7.49. The van der Waals surface area contributed by atoms with Gasteiger partial charge in [0, 0.05) is 32.7 Å². The summed E-state index contributed by atoms with van der Waals surface area (Å²) in [6.07, 6.45) is 5.00. The minimum atomic E-state index is 0.0118. The Labute approximate surface area is 121 Å². The second kappa shape index (κ2) is 6.41. The van der Waals surface area contributed by atoms with Crippen molar-refractivity contribution in [2.24, 2.45) is 0 Å². The highest BCUT2D eigenvalue weighted by molar-refractivity contribution is 5.82. The first-order valence-corrected chi connectivity index (χ1v) is 8.14. The van der Waals surface area contributed by atoms with Gasteiger partial charge in [-0.3, -0.25) is 9.69 Å². The zero-order chi connectivity index (χ0) is 13.9. The van der Waals surface area contributed by atoms with Crippen LogP contribution in [-0.4, -0.2) is 73.2 Å². The standard InChI is InChI=1S/C15H27N3O2/c1-12(17-8-6-16-7-9-17)15(19)18-10-11-20-14-5-3-2-4-13(14)18/h12-14,16H,2-11H2,1H3. The number of ether oxygens (including phenoxy) is 1. The van der Waals surface area contributed by atoms with E-state index in [0.29, 0.717) is 18.6 Å². The maximum Gasteiger partial charge on any atom is 0.240 e. The highest BCUT2D eigenvalue weighted by Gasteiger charge is 2.39. The van der Waals surface area contributed by atoms with Crippen LogP contribution in [0.4, 0.5) is 0 Å². The molecule has 114 valence electrons. The molecule has 3 fully saturated rings. The Hall–Kier alpha value is -0.650. The third-order valence-corrected chi connectivity index (χ3v) is 5.07. The van der Waals surface area contributed by atoms with Crippen LogP contribution in [0, 0.1) is 0 Å². The Kier molecular flexibility index (Phi) is 4.58. The fraction of sp³-hybridized carbons (Fsp3) is 0.933. The molecule has 20 heavy (non-hydrogen) atoms. The van der Waals surface area contributed by atoms with Crippen molar-refractivity contribution in [1.29, 1.82) is 0 Å². The number of carbonyl (C=O) groups is 1. The van der Waals surface area contributed by atoms with Crippen molar-refractivity contribution in [2.75, 3.05) is 39.3 Å². The number of amides is 1. The number of morpholine rings is 1. The third-order valence-electron chi connectivity index (χ3n) is 5.07. The number of piperazine rings is 1. The number of nitrogens with zero attached hydrogens (tertiary/aromatic N) is 2. The minimum Gasteiger partial charge on any atom is -0.374 e. The van der Waals surface area contributed by atoms with E-state index in [4.69, 9.17) is 4.74 Å². The number of fused-ring (bicyclic) bond motifs is 1. The quantitative estimate of drug-likeness (QED) is 0.798. The Balaban J connectivity index is 1.65. The van der Waals surface area contributed by atoms with E-state index in [9.17, 15) is 4.79 Å². The van der Waals surface area contributed by atoms with E-state index < -0.39 is 0 Å². The summed E-state index contributed by atoms with van der Waals surface area (Å²) in [5, 5.41) is 3.35. The molecule has 1 amide bonds. The van der Waals surface area contributed by atoms with Crippen LogP contribution in [0.3, 0.4) is 0 Å². The third kappa shape index (κ3) is 2.85. The molecule has 0 aromatic rings. The molecule has 2 heterocycles. The Morgan fingerprint density at radius 1 is 1.20 bits per heavy atom. The van der Waals surface area contributed by atoms with Crippen molar-refractivity contribution in [2.45, 2.75) is 50.8 Å². The van der Waals surface area contributed by atoms with E-state index in [-0.39, 0.29) is 12.1 Å². The summed E-state index contributed by atoms with van der Waals surface area (Å²) in [5.41, 5.74) is 0. The summed E-state index contributed by atoms with van der Waals surface area (Å²) in [6, 6.07) is 0.341. The lowest BCUT2D eigenvalue weighted by Crippen LogP contribution is -2.60. The lowest BCUT2D eigenvalue weighted by atomic mass is 9.89. The minimum absolute atomic E-state index is 0.0118.